The molecule has 3 heterocycles. The Kier molecular flexibility index (Phi) is 4.65. The van der Waals surface area contributed by atoms with Crippen molar-refractivity contribution >= 4 is 0 Å². The predicted molar refractivity (Wildman–Crippen MR) is 94.9 cm³/mol. The van der Waals surface area contributed by atoms with Crippen molar-refractivity contribution in [1.82, 2.24) is 24.8 Å². The lowest BCUT2D eigenvalue weighted by Gasteiger charge is -2.17. The van der Waals surface area contributed by atoms with Crippen molar-refractivity contribution < 1.29 is 13.2 Å². The number of hydrogen-bond acceptors (Lipinski definition) is 4. The third kappa shape index (κ3) is 4.16. The van der Waals surface area contributed by atoms with Crippen molar-refractivity contribution in [2.75, 3.05) is 19.6 Å². The molecule has 0 spiro atoms. The van der Waals surface area contributed by atoms with Crippen LogP contribution in [0.15, 0.2) is 48.9 Å². The number of aromatic amines is 1. The second kappa shape index (κ2) is 7.11. The summed E-state index contributed by atoms with van der Waals surface area (Å²) in [5.41, 5.74) is 2.39. The molecule has 5 nitrogen and oxygen atoms in total. The summed E-state index contributed by atoms with van der Waals surface area (Å²) in [5.74, 6) is 1.32. The molecular formula is C19H18F3N5. The molecule has 1 atom stereocenters. The van der Waals surface area contributed by atoms with Crippen molar-refractivity contribution in [2.45, 2.75) is 18.5 Å². The predicted octanol–water partition coefficient (Wildman–Crippen LogP) is 3.89. The van der Waals surface area contributed by atoms with Crippen molar-refractivity contribution in [3.05, 3.63) is 54.7 Å². The standard InChI is InChI=1S/C19H18F3N5/c20-19(21,22)12-27-7-6-14(11-27)18-25-10-16(26-18)15-8-23-17(24-9-15)13-4-2-1-3-5-13/h1-5,8-10,14H,6-7,11-12H2,(H,25,26). The number of benzene rings is 1. The lowest BCUT2D eigenvalue weighted by atomic mass is 10.1. The fraction of sp³-hybridized carbons (Fsp3) is 0.316. The highest BCUT2D eigenvalue weighted by atomic mass is 19.4. The van der Waals surface area contributed by atoms with E-state index in [9.17, 15) is 13.2 Å². The third-order valence-corrected chi connectivity index (χ3v) is 4.64. The van der Waals surface area contributed by atoms with Gasteiger partial charge in [0.05, 0.1) is 12.2 Å². The molecule has 4 rings (SSSR count). The molecule has 27 heavy (non-hydrogen) atoms. The van der Waals surface area contributed by atoms with Crippen LogP contribution < -0.4 is 0 Å². The van der Waals surface area contributed by atoms with E-state index in [1.54, 1.807) is 18.6 Å². The van der Waals surface area contributed by atoms with Crippen LogP contribution in [-0.2, 0) is 0 Å². The highest BCUT2D eigenvalue weighted by molar-refractivity contribution is 5.60. The van der Waals surface area contributed by atoms with Crippen LogP contribution in [0.2, 0.25) is 0 Å². The van der Waals surface area contributed by atoms with Gasteiger partial charge in [-0.05, 0) is 13.0 Å². The zero-order valence-electron chi connectivity index (χ0n) is 14.4. The monoisotopic (exact) mass is 373 g/mol. The molecule has 1 aliphatic heterocycles. The van der Waals surface area contributed by atoms with Gasteiger partial charge in [-0.2, -0.15) is 13.2 Å². The summed E-state index contributed by atoms with van der Waals surface area (Å²) in [7, 11) is 0. The summed E-state index contributed by atoms with van der Waals surface area (Å²) in [6.45, 7) is -0.0865. The van der Waals surface area contributed by atoms with E-state index in [2.05, 4.69) is 19.9 Å². The number of halogens is 3. The van der Waals surface area contributed by atoms with Gasteiger partial charge in [0.1, 0.15) is 5.82 Å². The number of rotatable bonds is 4. The Morgan fingerprint density at radius 2 is 1.81 bits per heavy atom. The fourth-order valence-corrected chi connectivity index (χ4v) is 3.34. The van der Waals surface area contributed by atoms with E-state index in [4.69, 9.17) is 0 Å². The van der Waals surface area contributed by atoms with E-state index in [1.165, 1.54) is 4.90 Å². The van der Waals surface area contributed by atoms with Crippen molar-refractivity contribution in [2.24, 2.45) is 0 Å². The molecule has 8 heteroatoms. The Balaban J connectivity index is 1.45. The summed E-state index contributed by atoms with van der Waals surface area (Å²) < 4.78 is 37.6. The van der Waals surface area contributed by atoms with Gasteiger partial charge in [0.25, 0.3) is 0 Å². The van der Waals surface area contributed by atoms with Gasteiger partial charge in [0, 0.05) is 42.2 Å². The van der Waals surface area contributed by atoms with E-state index < -0.39 is 12.7 Å². The summed E-state index contributed by atoms with van der Waals surface area (Å²) in [5, 5.41) is 0. The number of nitrogens with zero attached hydrogens (tertiary/aromatic N) is 4. The molecule has 0 amide bonds. The second-order valence-electron chi connectivity index (χ2n) is 6.67. The van der Waals surface area contributed by atoms with E-state index in [-0.39, 0.29) is 5.92 Å². The number of imidazole rings is 1. The minimum atomic E-state index is -4.17. The average molecular weight is 373 g/mol. The Morgan fingerprint density at radius 1 is 1.07 bits per heavy atom. The second-order valence-corrected chi connectivity index (χ2v) is 6.67. The lowest BCUT2D eigenvalue weighted by Crippen LogP contribution is -2.32. The van der Waals surface area contributed by atoms with Crippen molar-refractivity contribution in [3.8, 4) is 22.6 Å². The molecule has 1 unspecified atom stereocenters. The van der Waals surface area contributed by atoms with E-state index in [1.807, 2.05) is 30.3 Å². The van der Waals surface area contributed by atoms with Gasteiger partial charge >= 0.3 is 6.18 Å². The molecule has 3 aromatic rings. The zero-order valence-corrected chi connectivity index (χ0v) is 14.4. The number of hydrogen-bond donors (Lipinski definition) is 1. The average Bonchev–Trinajstić information content (AvgIpc) is 3.31. The molecule has 1 aliphatic rings. The van der Waals surface area contributed by atoms with Crippen LogP contribution in [-0.4, -0.2) is 50.6 Å². The van der Waals surface area contributed by atoms with Gasteiger partial charge in [-0.3, -0.25) is 4.90 Å². The minimum absolute atomic E-state index is 0.0226. The van der Waals surface area contributed by atoms with Crippen LogP contribution in [0.25, 0.3) is 22.6 Å². The largest absolute Gasteiger partial charge is 0.401 e. The van der Waals surface area contributed by atoms with Crippen LogP contribution >= 0.6 is 0 Å². The number of likely N-dealkylation sites (tertiary alicyclic amines) is 1. The summed E-state index contributed by atoms with van der Waals surface area (Å²) in [4.78, 5) is 17.8. The Labute approximate surface area is 154 Å². The van der Waals surface area contributed by atoms with E-state index >= 15 is 0 Å². The smallest absolute Gasteiger partial charge is 0.348 e. The Hall–Kier alpha value is -2.74. The molecule has 1 fully saturated rings. The van der Waals surface area contributed by atoms with Crippen LogP contribution in [0.1, 0.15) is 18.2 Å². The number of H-pyrrole nitrogens is 1. The van der Waals surface area contributed by atoms with Gasteiger partial charge < -0.3 is 4.98 Å². The molecule has 140 valence electrons. The molecule has 1 aromatic carbocycles. The van der Waals surface area contributed by atoms with Crippen molar-refractivity contribution in [1.29, 1.82) is 0 Å². The molecule has 0 saturated carbocycles. The first kappa shape index (κ1) is 17.7. The molecule has 1 N–H and O–H groups in total. The van der Waals surface area contributed by atoms with Crippen LogP contribution in [0, 0.1) is 0 Å². The summed E-state index contributed by atoms with van der Waals surface area (Å²) >= 11 is 0. The topological polar surface area (TPSA) is 57.7 Å². The van der Waals surface area contributed by atoms with E-state index in [0.29, 0.717) is 36.9 Å². The SMILES string of the molecule is FC(F)(F)CN1CCC(c2nc(-c3cnc(-c4ccccc4)nc3)c[nH]2)C1. The van der Waals surface area contributed by atoms with Gasteiger partial charge in [0.15, 0.2) is 5.82 Å². The first-order valence-electron chi connectivity index (χ1n) is 8.70. The van der Waals surface area contributed by atoms with Gasteiger partial charge in [-0.25, -0.2) is 15.0 Å². The lowest BCUT2D eigenvalue weighted by molar-refractivity contribution is -0.143. The number of nitrogens with one attached hydrogen (secondary N) is 1. The maximum absolute atomic E-state index is 12.5. The molecule has 2 aromatic heterocycles. The normalized spacial score (nSPS) is 18.1. The maximum Gasteiger partial charge on any atom is 0.401 e. The first-order valence-corrected chi connectivity index (χ1v) is 8.70. The van der Waals surface area contributed by atoms with Gasteiger partial charge in [-0.15, -0.1) is 0 Å². The molecule has 1 saturated heterocycles. The quantitative estimate of drug-likeness (QED) is 0.754. The fourth-order valence-electron chi connectivity index (χ4n) is 3.34. The first-order chi connectivity index (χ1) is 13.0. The third-order valence-electron chi connectivity index (χ3n) is 4.64. The maximum atomic E-state index is 12.5. The Morgan fingerprint density at radius 3 is 2.52 bits per heavy atom. The van der Waals surface area contributed by atoms with Gasteiger partial charge in [-0.1, -0.05) is 30.3 Å². The van der Waals surface area contributed by atoms with Crippen molar-refractivity contribution in [3.63, 3.8) is 0 Å². The van der Waals surface area contributed by atoms with Crippen LogP contribution in [0.4, 0.5) is 13.2 Å². The van der Waals surface area contributed by atoms with Crippen LogP contribution in [0.5, 0.6) is 0 Å². The highest BCUT2D eigenvalue weighted by Crippen LogP contribution is 2.29. The zero-order chi connectivity index (χ0) is 18.9. The molecular weight excluding hydrogens is 355 g/mol. The van der Waals surface area contributed by atoms with Gasteiger partial charge in [0.2, 0.25) is 0 Å². The number of aromatic nitrogens is 4. The molecule has 0 aliphatic carbocycles. The van der Waals surface area contributed by atoms with E-state index in [0.717, 1.165) is 11.1 Å². The molecule has 0 bridgehead atoms. The molecule has 0 radical (unpaired) electrons. The Bertz CT molecular complexity index is 890. The summed E-state index contributed by atoms with van der Waals surface area (Å²) in [6, 6.07) is 9.66. The van der Waals surface area contributed by atoms with Crippen LogP contribution in [0.3, 0.4) is 0 Å². The summed E-state index contributed by atoms with van der Waals surface area (Å²) in [6.07, 6.45) is 1.66. The minimum Gasteiger partial charge on any atom is -0.348 e. The highest BCUT2D eigenvalue weighted by Gasteiger charge is 2.35. The number of alkyl halides is 3.